The molecule has 0 aliphatic rings. The van der Waals surface area contributed by atoms with Crippen LogP contribution in [0.2, 0.25) is 0 Å². The van der Waals surface area contributed by atoms with Crippen LogP contribution in [-0.2, 0) is 19.7 Å². The highest BCUT2D eigenvalue weighted by molar-refractivity contribution is 8.31. The van der Waals surface area contributed by atoms with Crippen LogP contribution in [-0.4, -0.2) is 28.3 Å². The third kappa shape index (κ3) is 4.30. The summed E-state index contributed by atoms with van der Waals surface area (Å²) in [6, 6.07) is 21.2. The Morgan fingerprint density at radius 1 is 0.724 bits per heavy atom. The van der Waals surface area contributed by atoms with Gasteiger partial charge in [-0.15, -0.1) is 5.10 Å². The van der Waals surface area contributed by atoms with Crippen LogP contribution >= 0.6 is 0 Å². The van der Waals surface area contributed by atoms with E-state index in [2.05, 4.69) is 10.5 Å². The lowest BCUT2D eigenvalue weighted by molar-refractivity contribution is 0.416. The molecule has 3 aromatic carbocycles. The van der Waals surface area contributed by atoms with E-state index < -0.39 is 24.1 Å². The van der Waals surface area contributed by atoms with E-state index in [4.69, 9.17) is 4.74 Å². The zero-order valence-electron chi connectivity index (χ0n) is 15.4. The third-order valence-corrected chi connectivity index (χ3v) is 8.15. The van der Waals surface area contributed by atoms with Crippen LogP contribution in [0.5, 0.6) is 5.75 Å². The molecule has 3 aromatic rings. The molecule has 1 N–H and O–H groups in total. The summed E-state index contributed by atoms with van der Waals surface area (Å²) in [4.78, 5) is -0.361. The topological polar surface area (TPSA) is 102 Å². The van der Waals surface area contributed by atoms with Crippen LogP contribution in [0.15, 0.2) is 99.8 Å². The fourth-order valence-electron chi connectivity index (χ4n) is 2.51. The van der Waals surface area contributed by atoms with Crippen LogP contribution in [0.3, 0.4) is 0 Å². The van der Waals surface area contributed by atoms with Crippen molar-refractivity contribution in [2.75, 3.05) is 12.5 Å². The van der Waals surface area contributed by atoms with Crippen molar-refractivity contribution in [1.29, 1.82) is 0 Å². The van der Waals surface area contributed by atoms with Gasteiger partial charge in [0.15, 0.2) is 0 Å². The van der Waals surface area contributed by atoms with Crippen LogP contribution in [0.25, 0.3) is 0 Å². The summed E-state index contributed by atoms with van der Waals surface area (Å²) < 4.78 is 56.8. The lowest BCUT2D eigenvalue weighted by atomic mass is 10.3. The number of sulfone groups is 2. The van der Waals surface area contributed by atoms with E-state index in [0.29, 0.717) is 11.4 Å². The Hall–Kier alpha value is -3.17. The molecular formula is C20H18N2O5S2. The molecule has 0 unspecified atom stereocenters. The average molecular weight is 431 g/mol. The van der Waals surface area contributed by atoms with Gasteiger partial charge in [0.25, 0.3) is 4.38 Å². The molecule has 0 bridgehead atoms. The molecule has 0 saturated heterocycles. The highest BCUT2D eigenvalue weighted by Crippen LogP contribution is 2.25. The molecule has 0 saturated carbocycles. The summed E-state index contributed by atoms with van der Waals surface area (Å²) in [7, 11) is -7.44. The van der Waals surface area contributed by atoms with Crippen molar-refractivity contribution in [3.63, 3.8) is 0 Å². The van der Waals surface area contributed by atoms with E-state index in [9.17, 15) is 16.8 Å². The Bertz CT molecular complexity index is 1150. The molecule has 0 spiro atoms. The van der Waals surface area contributed by atoms with Crippen molar-refractivity contribution in [1.82, 2.24) is 0 Å². The summed E-state index contributed by atoms with van der Waals surface area (Å²) in [5.74, 6) is 0.379. The Morgan fingerprint density at radius 2 is 1.17 bits per heavy atom. The molecule has 0 aliphatic heterocycles. The van der Waals surface area contributed by atoms with Crippen LogP contribution < -0.4 is 10.2 Å². The highest BCUT2D eigenvalue weighted by Gasteiger charge is 2.36. The van der Waals surface area contributed by atoms with Gasteiger partial charge in [-0.1, -0.05) is 48.5 Å². The van der Waals surface area contributed by atoms with Gasteiger partial charge in [0.2, 0.25) is 19.7 Å². The lowest BCUT2D eigenvalue weighted by Gasteiger charge is -2.11. The number of anilines is 1. The van der Waals surface area contributed by atoms with Gasteiger partial charge in [0.1, 0.15) is 5.75 Å². The molecule has 0 amide bonds. The smallest absolute Gasteiger partial charge is 0.275 e. The summed E-state index contributed by atoms with van der Waals surface area (Å²) in [5, 5.41) is 3.81. The first-order valence-corrected chi connectivity index (χ1v) is 11.4. The third-order valence-electron chi connectivity index (χ3n) is 3.94. The number of rotatable bonds is 5. The van der Waals surface area contributed by atoms with E-state index in [1.807, 2.05) is 0 Å². The quantitative estimate of drug-likeness (QED) is 0.378. The SMILES string of the molecule is COc1ccccc1NN=C(S(=O)(=O)c1ccccc1)S(=O)(=O)c1ccccc1. The minimum absolute atomic E-state index is 0.180. The van der Waals surface area contributed by atoms with Gasteiger partial charge in [-0.25, -0.2) is 16.8 Å². The van der Waals surface area contributed by atoms with Gasteiger partial charge in [-0.3, -0.25) is 5.43 Å². The number of benzene rings is 3. The maximum atomic E-state index is 13.1. The summed E-state index contributed by atoms with van der Waals surface area (Å²) in [6.45, 7) is 0. The van der Waals surface area contributed by atoms with Crippen molar-refractivity contribution in [2.24, 2.45) is 5.10 Å². The predicted octanol–water partition coefficient (Wildman–Crippen LogP) is 3.33. The first-order chi connectivity index (χ1) is 13.9. The van der Waals surface area contributed by atoms with E-state index in [1.54, 1.807) is 36.4 Å². The molecule has 0 radical (unpaired) electrons. The van der Waals surface area contributed by atoms with E-state index >= 15 is 0 Å². The second-order valence-corrected chi connectivity index (χ2v) is 9.81. The van der Waals surface area contributed by atoms with Crippen LogP contribution in [0.4, 0.5) is 5.69 Å². The second-order valence-electron chi connectivity index (χ2n) is 5.82. The van der Waals surface area contributed by atoms with Crippen molar-refractivity contribution in [3.8, 4) is 5.75 Å². The van der Waals surface area contributed by atoms with Crippen molar-refractivity contribution in [3.05, 3.63) is 84.9 Å². The molecule has 3 rings (SSSR count). The molecule has 0 aliphatic carbocycles. The van der Waals surface area contributed by atoms with Crippen molar-refractivity contribution < 1.29 is 21.6 Å². The number of hydrogen-bond acceptors (Lipinski definition) is 7. The highest BCUT2D eigenvalue weighted by atomic mass is 32.3. The van der Waals surface area contributed by atoms with Gasteiger partial charge >= 0.3 is 0 Å². The number of hydrogen-bond donors (Lipinski definition) is 1. The molecule has 29 heavy (non-hydrogen) atoms. The number of nitrogens with zero attached hydrogens (tertiary/aromatic N) is 1. The van der Waals surface area contributed by atoms with Crippen LogP contribution in [0, 0.1) is 0 Å². The normalized spacial score (nSPS) is 11.5. The van der Waals surface area contributed by atoms with Gasteiger partial charge < -0.3 is 4.74 Å². The fourth-order valence-corrected chi connectivity index (χ4v) is 6.01. The standard InChI is InChI=1S/C20H18N2O5S2/c1-27-19-15-9-8-14-18(19)21-22-20(28(23,24)16-10-4-2-5-11-16)29(25,26)17-12-6-3-7-13-17/h2-15,21H,1H3. The average Bonchev–Trinajstić information content (AvgIpc) is 2.75. The zero-order chi connectivity index (χ0) is 20.9. The minimum atomic E-state index is -4.44. The zero-order valence-corrected chi connectivity index (χ0v) is 17.0. The summed E-state index contributed by atoms with van der Waals surface area (Å²) >= 11 is 0. The molecule has 0 fully saturated rings. The minimum Gasteiger partial charge on any atom is -0.495 e. The fraction of sp³-hybridized carbons (Fsp3) is 0.0500. The van der Waals surface area contributed by atoms with Gasteiger partial charge in [-0.05, 0) is 36.4 Å². The first-order valence-electron chi connectivity index (χ1n) is 8.44. The Morgan fingerprint density at radius 3 is 1.66 bits per heavy atom. The molecule has 0 aromatic heterocycles. The van der Waals surface area contributed by atoms with E-state index in [1.165, 1.54) is 55.6 Å². The second kappa shape index (κ2) is 8.46. The first kappa shape index (κ1) is 20.6. The molecule has 9 heteroatoms. The Balaban J connectivity index is 2.17. The predicted molar refractivity (Wildman–Crippen MR) is 111 cm³/mol. The molecule has 0 atom stereocenters. The number of para-hydroxylation sites is 2. The van der Waals surface area contributed by atoms with Crippen molar-refractivity contribution in [2.45, 2.75) is 9.79 Å². The van der Waals surface area contributed by atoms with Gasteiger partial charge in [0.05, 0.1) is 22.6 Å². The van der Waals surface area contributed by atoms with Gasteiger partial charge in [-0.2, -0.15) is 0 Å². The number of nitrogens with one attached hydrogen (secondary N) is 1. The number of hydrazone groups is 1. The van der Waals surface area contributed by atoms with Crippen LogP contribution in [0.1, 0.15) is 0 Å². The maximum absolute atomic E-state index is 13.1. The largest absolute Gasteiger partial charge is 0.495 e. The molecule has 0 heterocycles. The Kier molecular flexibility index (Phi) is 6.00. The Labute approximate surface area is 169 Å². The number of ether oxygens (including phenoxy) is 1. The lowest BCUT2D eigenvalue weighted by Crippen LogP contribution is -2.26. The molecular weight excluding hydrogens is 412 g/mol. The summed E-state index contributed by atoms with van der Waals surface area (Å²) in [6.07, 6.45) is 0. The summed E-state index contributed by atoms with van der Waals surface area (Å²) in [5.41, 5.74) is 2.84. The van der Waals surface area contributed by atoms with E-state index in [-0.39, 0.29) is 9.79 Å². The monoisotopic (exact) mass is 430 g/mol. The van der Waals surface area contributed by atoms with E-state index in [0.717, 1.165) is 0 Å². The van der Waals surface area contributed by atoms with Crippen molar-refractivity contribution >= 4 is 29.7 Å². The number of methoxy groups -OCH3 is 1. The van der Waals surface area contributed by atoms with Gasteiger partial charge in [0, 0.05) is 0 Å². The molecule has 150 valence electrons. The maximum Gasteiger partial charge on any atom is 0.275 e. The molecule has 7 nitrogen and oxygen atoms in total.